The molecule has 0 radical (unpaired) electrons. The summed E-state index contributed by atoms with van der Waals surface area (Å²) in [7, 11) is 1.33. The molecule has 0 unspecified atom stereocenters. The maximum Gasteiger partial charge on any atom is 0.333 e. The Kier molecular flexibility index (Phi) is 10.9. The van der Waals surface area contributed by atoms with Gasteiger partial charge in [-0.05, 0) is 13.8 Å². The summed E-state index contributed by atoms with van der Waals surface area (Å²) in [5.41, 5.74) is 0.836. The number of rotatable bonds is 4. The molecule has 0 N–H and O–H groups in total. The minimum Gasteiger partial charge on any atom is -0.466 e. The van der Waals surface area contributed by atoms with Crippen LogP contribution in [0, 0.1) is 0 Å². The molecule has 4 nitrogen and oxygen atoms in total. The van der Waals surface area contributed by atoms with Crippen LogP contribution >= 0.6 is 11.6 Å². The van der Waals surface area contributed by atoms with E-state index in [1.54, 1.807) is 13.8 Å². The van der Waals surface area contributed by atoms with Crippen LogP contribution in [-0.2, 0) is 19.1 Å². The van der Waals surface area contributed by atoms with Gasteiger partial charge in [-0.15, -0.1) is 11.6 Å². The monoisotopic (exact) mass is 248 g/mol. The maximum atomic E-state index is 10.5. The molecule has 0 aliphatic heterocycles. The molecule has 0 spiro atoms. The summed E-state index contributed by atoms with van der Waals surface area (Å²) < 4.78 is 8.86. The van der Waals surface area contributed by atoms with Gasteiger partial charge < -0.3 is 9.47 Å². The van der Waals surface area contributed by atoms with Crippen LogP contribution in [-0.4, -0.2) is 31.5 Å². The molecule has 0 heterocycles. The zero-order valence-electron chi connectivity index (χ0n) is 9.84. The van der Waals surface area contributed by atoms with Gasteiger partial charge in [0.15, 0.2) is 0 Å². The number of esters is 2. The Balaban J connectivity index is 0. The summed E-state index contributed by atoms with van der Waals surface area (Å²) in [6.45, 7) is 10.2. The molecule has 0 aliphatic carbocycles. The largest absolute Gasteiger partial charge is 0.466 e. The number of alkyl halides is 1. The molecule has 0 amide bonds. The quantitative estimate of drug-likeness (QED) is 0.434. The van der Waals surface area contributed by atoms with Gasteiger partial charge in [0.2, 0.25) is 0 Å². The minimum absolute atomic E-state index is 0.257. The average molecular weight is 249 g/mol. The number of hydrogen-bond donors (Lipinski definition) is 0. The van der Waals surface area contributed by atoms with Crippen LogP contribution in [0.5, 0.6) is 0 Å². The molecule has 92 valence electrons. The average Bonchev–Trinajstić information content (AvgIpc) is 2.25. The molecular formula is C11H17ClO4. The van der Waals surface area contributed by atoms with Crippen molar-refractivity contribution in [3.8, 4) is 0 Å². The van der Waals surface area contributed by atoms with Gasteiger partial charge in [0.25, 0.3) is 0 Å². The summed E-state index contributed by atoms with van der Waals surface area (Å²) in [5.74, 6) is -0.394. The van der Waals surface area contributed by atoms with Crippen molar-refractivity contribution in [2.24, 2.45) is 0 Å². The molecule has 0 aromatic carbocycles. The maximum absolute atomic E-state index is 10.5. The van der Waals surface area contributed by atoms with E-state index >= 15 is 0 Å². The van der Waals surface area contributed by atoms with E-state index in [0.29, 0.717) is 17.0 Å². The molecule has 0 fully saturated rings. The first-order valence-electron chi connectivity index (χ1n) is 4.49. The van der Waals surface area contributed by atoms with Gasteiger partial charge in [-0.3, -0.25) is 0 Å². The first-order valence-corrected chi connectivity index (χ1v) is 5.02. The highest BCUT2D eigenvalue weighted by molar-refractivity contribution is 6.18. The number of ether oxygens (including phenoxy) is 2. The molecule has 5 heteroatoms. The third-order valence-corrected chi connectivity index (χ3v) is 1.35. The number of methoxy groups -OCH3 is 1. The van der Waals surface area contributed by atoms with Crippen LogP contribution < -0.4 is 0 Å². The number of carbonyl (C=O) groups is 2. The van der Waals surface area contributed by atoms with Crippen LogP contribution in [0.3, 0.4) is 0 Å². The van der Waals surface area contributed by atoms with Crippen LogP contribution in [0.2, 0.25) is 0 Å². The Bertz CT molecular complexity index is 271. The Morgan fingerprint density at radius 1 is 1.12 bits per heavy atom. The first kappa shape index (κ1) is 17.1. The van der Waals surface area contributed by atoms with Crippen molar-refractivity contribution in [3.05, 3.63) is 24.3 Å². The lowest BCUT2D eigenvalue weighted by molar-refractivity contribution is -0.138. The second kappa shape index (κ2) is 10.2. The van der Waals surface area contributed by atoms with Crippen LogP contribution in [0.1, 0.15) is 13.8 Å². The van der Waals surface area contributed by atoms with E-state index in [9.17, 15) is 9.59 Å². The Labute approximate surface area is 101 Å². The summed E-state index contributed by atoms with van der Waals surface area (Å²) in [5, 5.41) is 0. The Morgan fingerprint density at radius 3 is 1.75 bits per heavy atom. The number of carbonyl (C=O) groups excluding carboxylic acids is 2. The van der Waals surface area contributed by atoms with E-state index < -0.39 is 0 Å². The molecule has 0 aliphatic rings. The van der Waals surface area contributed by atoms with Crippen molar-refractivity contribution < 1.29 is 19.1 Å². The Morgan fingerprint density at radius 2 is 1.56 bits per heavy atom. The molecule has 16 heavy (non-hydrogen) atoms. The zero-order valence-corrected chi connectivity index (χ0v) is 10.6. The predicted molar refractivity (Wildman–Crippen MR) is 63.3 cm³/mol. The fraction of sp³-hybridized carbons (Fsp3) is 0.455. The van der Waals surface area contributed by atoms with Crippen molar-refractivity contribution in [3.63, 3.8) is 0 Å². The van der Waals surface area contributed by atoms with E-state index in [2.05, 4.69) is 22.6 Å². The fourth-order valence-electron chi connectivity index (χ4n) is 0.429. The number of hydrogen-bond acceptors (Lipinski definition) is 4. The van der Waals surface area contributed by atoms with Crippen LogP contribution in [0.25, 0.3) is 0 Å². The van der Waals surface area contributed by atoms with Gasteiger partial charge in [-0.1, -0.05) is 13.2 Å². The minimum atomic E-state index is -0.379. The Hall–Kier alpha value is -1.29. The van der Waals surface area contributed by atoms with Crippen molar-refractivity contribution >= 4 is 23.5 Å². The van der Waals surface area contributed by atoms with Gasteiger partial charge >= 0.3 is 11.9 Å². The second-order valence-electron chi connectivity index (χ2n) is 2.88. The summed E-state index contributed by atoms with van der Waals surface area (Å²) in [4.78, 5) is 20.7. The van der Waals surface area contributed by atoms with Crippen molar-refractivity contribution in [2.45, 2.75) is 13.8 Å². The number of halogens is 1. The van der Waals surface area contributed by atoms with Crippen LogP contribution in [0.15, 0.2) is 24.3 Å². The smallest absolute Gasteiger partial charge is 0.333 e. The van der Waals surface area contributed by atoms with Crippen molar-refractivity contribution in [1.29, 1.82) is 0 Å². The van der Waals surface area contributed by atoms with Gasteiger partial charge in [0, 0.05) is 11.1 Å². The van der Waals surface area contributed by atoms with Gasteiger partial charge in [0.05, 0.1) is 13.0 Å². The first-order chi connectivity index (χ1) is 7.36. The van der Waals surface area contributed by atoms with E-state index in [0.717, 1.165) is 0 Å². The SMILES string of the molecule is C=C(C)C(=O)OC.C=C(C)C(=O)OCCCl. The molecule has 0 rings (SSSR count). The standard InChI is InChI=1S/C6H9ClO2.C5H8O2/c1-5(2)6(8)9-4-3-7;1-4(2)5(6)7-3/h1,3-4H2,2H3;1H2,2-3H3. The van der Waals surface area contributed by atoms with Gasteiger partial charge in [-0.2, -0.15) is 0 Å². The highest BCUT2D eigenvalue weighted by Crippen LogP contribution is 1.91. The van der Waals surface area contributed by atoms with E-state index in [4.69, 9.17) is 11.6 Å². The summed E-state index contributed by atoms with van der Waals surface area (Å²) >= 11 is 5.24. The van der Waals surface area contributed by atoms with Crippen molar-refractivity contribution in [1.82, 2.24) is 0 Å². The third-order valence-electron chi connectivity index (χ3n) is 1.19. The highest BCUT2D eigenvalue weighted by Gasteiger charge is 1.99. The molecule has 0 aromatic rings. The molecule has 0 atom stereocenters. The molecule has 0 saturated heterocycles. The molecule has 0 bridgehead atoms. The second-order valence-corrected chi connectivity index (χ2v) is 3.26. The lowest BCUT2D eigenvalue weighted by atomic mass is 10.4. The predicted octanol–water partition coefficient (Wildman–Crippen LogP) is 2.08. The molecule has 0 aromatic heterocycles. The topological polar surface area (TPSA) is 52.6 Å². The van der Waals surface area contributed by atoms with E-state index in [1.807, 2.05) is 0 Å². The highest BCUT2D eigenvalue weighted by atomic mass is 35.5. The summed E-state index contributed by atoms with van der Waals surface area (Å²) in [6.07, 6.45) is 0. The fourth-order valence-corrected chi connectivity index (χ4v) is 0.506. The van der Waals surface area contributed by atoms with Crippen LogP contribution in [0.4, 0.5) is 0 Å². The zero-order chi connectivity index (χ0) is 13.1. The van der Waals surface area contributed by atoms with E-state index in [1.165, 1.54) is 7.11 Å². The normalized spacial score (nSPS) is 8.25. The lowest BCUT2D eigenvalue weighted by Crippen LogP contribution is -2.06. The lowest BCUT2D eigenvalue weighted by Gasteiger charge is -1.98. The van der Waals surface area contributed by atoms with Crippen molar-refractivity contribution in [2.75, 3.05) is 19.6 Å². The van der Waals surface area contributed by atoms with E-state index in [-0.39, 0.29) is 18.5 Å². The third kappa shape index (κ3) is 10.8. The molecule has 0 saturated carbocycles. The summed E-state index contributed by atoms with van der Waals surface area (Å²) in [6, 6.07) is 0. The van der Waals surface area contributed by atoms with Gasteiger partial charge in [-0.25, -0.2) is 9.59 Å². The van der Waals surface area contributed by atoms with Gasteiger partial charge in [0.1, 0.15) is 6.61 Å². The molecular weight excluding hydrogens is 232 g/mol.